The van der Waals surface area contributed by atoms with Crippen LogP contribution >= 0.6 is 12.4 Å². The summed E-state index contributed by atoms with van der Waals surface area (Å²) < 4.78 is 0. The van der Waals surface area contributed by atoms with Crippen LogP contribution in [0.3, 0.4) is 0 Å². The molecule has 1 saturated carbocycles. The van der Waals surface area contributed by atoms with E-state index in [1.54, 1.807) is 0 Å². The molecule has 0 amide bonds. The first kappa shape index (κ1) is 13.2. The third kappa shape index (κ3) is 3.31. The molecule has 2 aliphatic rings. The summed E-state index contributed by atoms with van der Waals surface area (Å²) in [4.78, 5) is 5.00. The summed E-state index contributed by atoms with van der Waals surface area (Å²) in [5.74, 6) is 0. The highest BCUT2D eigenvalue weighted by Gasteiger charge is 2.40. The number of hydrogen-bond acceptors (Lipinski definition) is 3. The molecular weight excluding hydrogens is 210 g/mol. The van der Waals surface area contributed by atoms with E-state index in [0.717, 1.165) is 13.1 Å². The zero-order chi connectivity index (χ0) is 10.2. The van der Waals surface area contributed by atoms with Crippen molar-refractivity contribution in [2.45, 2.75) is 25.8 Å². The molecule has 0 spiro atoms. The zero-order valence-corrected chi connectivity index (χ0v) is 10.7. The van der Waals surface area contributed by atoms with Crippen LogP contribution in [-0.4, -0.2) is 55.6 Å². The van der Waals surface area contributed by atoms with Gasteiger partial charge in [0.15, 0.2) is 0 Å². The van der Waals surface area contributed by atoms with E-state index < -0.39 is 0 Å². The quantitative estimate of drug-likeness (QED) is 0.782. The van der Waals surface area contributed by atoms with Crippen LogP contribution in [0.1, 0.15) is 19.8 Å². The summed E-state index contributed by atoms with van der Waals surface area (Å²) in [6, 6.07) is 0.589. The van der Waals surface area contributed by atoms with Crippen LogP contribution in [0.2, 0.25) is 0 Å². The van der Waals surface area contributed by atoms with Crippen LogP contribution in [0.15, 0.2) is 0 Å². The maximum atomic E-state index is 5.83. The molecule has 15 heavy (non-hydrogen) atoms. The third-order valence-corrected chi connectivity index (χ3v) is 3.77. The van der Waals surface area contributed by atoms with Crippen molar-refractivity contribution in [3.05, 3.63) is 0 Å². The van der Waals surface area contributed by atoms with Gasteiger partial charge in [-0.1, -0.05) is 6.92 Å². The molecule has 4 heteroatoms. The van der Waals surface area contributed by atoms with Gasteiger partial charge in [-0.3, -0.25) is 4.90 Å². The molecule has 0 aromatic rings. The summed E-state index contributed by atoms with van der Waals surface area (Å²) >= 11 is 0. The molecule has 1 saturated heterocycles. The van der Waals surface area contributed by atoms with Crippen LogP contribution in [0.25, 0.3) is 0 Å². The first-order valence-electron chi connectivity index (χ1n) is 5.76. The normalized spacial score (nSPS) is 31.0. The van der Waals surface area contributed by atoms with Crippen molar-refractivity contribution in [1.82, 2.24) is 9.80 Å². The predicted molar refractivity (Wildman–Crippen MR) is 66.5 cm³/mol. The van der Waals surface area contributed by atoms with Crippen molar-refractivity contribution in [2.24, 2.45) is 11.1 Å². The molecule has 0 radical (unpaired) electrons. The Balaban J connectivity index is 0.00000112. The third-order valence-electron chi connectivity index (χ3n) is 3.77. The van der Waals surface area contributed by atoms with E-state index in [0.29, 0.717) is 11.5 Å². The van der Waals surface area contributed by atoms with Crippen LogP contribution in [-0.2, 0) is 0 Å². The lowest BCUT2D eigenvalue weighted by Crippen LogP contribution is -2.55. The van der Waals surface area contributed by atoms with Gasteiger partial charge in [-0.25, -0.2) is 0 Å². The SMILES string of the molecule is CN1CCN(CC2(C)CC2)C(CN)C1.Cl. The highest BCUT2D eigenvalue weighted by molar-refractivity contribution is 5.85. The molecule has 2 fully saturated rings. The molecule has 1 atom stereocenters. The van der Waals surface area contributed by atoms with Crippen molar-refractivity contribution in [3.63, 3.8) is 0 Å². The molecule has 1 unspecified atom stereocenters. The van der Waals surface area contributed by atoms with Gasteiger partial charge in [0.2, 0.25) is 0 Å². The molecule has 2 rings (SSSR count). The maximum absolute atomic E-state index is 5.83. The van der Waals surface area contributed by atoms with Crippen LogP contribution in [0, 0.1) is 5.41 Å². The summed E-state index contributed by atoms with van der Waals surface area (Å²) in [5, 5.41) is 0. The Morgan fingerprint density at radius 2 is 2.00 bits per heavy atom. The molecule has 90 valence electrons. The maximum Gasteiger partial charge on any atom is 0.0346 e. The van der Waals surface area contributed by atoms with Gasteiger partial charge >= 0.3 is 0 Å². The Morgan fingerprint density at radius 1 is 1.33 bits per heavy atom. The molecule has 1 aliphatic carbocycles. The summed E-state index contributed by atoms with van der Waals surface area (Å²) in [6.45, 7) is 8.02. The van der Waals surface area contributed by atoms with Crippen LogP contribution in [0.5, 0.6) is 0 Å². The molecule has 0 bridgehead atoms. The van der Waals surface area contributed by atoms with E-state index in [4.69, 9.17) is 5.73 Å². The van der Waals surface area contributed by atoms with Gasteiger partial charge in [0.25, 0.3) is 0 Å². The molecule has 3 nitrogen and oxygen atoms in total. The largest absolute Gasteiger partial charge is 0.329 e. The number of hydrogen-bond donors (Lipinski definition) is 1. The monoisotopic (exact) mass is 233 g/mol. The van der Waals surface area contributed by atoms with Crippen molar-refractivity contribution < 1.29 is 0 Å². The van der Waals surface area contributed by atoms with E-state index >= 15 is 0 Å². The lowest BCUT2D eigenvalue weighted by Gasteiger charge is -2.40. The molecular formula is C11H24ClN3. The minimum Gasteiger partial charge on any atom is -0.329 e. The van der Waals surface area contributed by atoms with Crippen molar-refractivity contribution >= 4 is 12.4 Å². The van der Waals surface area contributed by atoms with Crippen LogP contribution < -0.4 is 5.73 Å². The summed E-state index contributed by atoms with van der Waals surface area (Å²) in [5.41, 5.74) is 6.46. The number of likely N-dealkylation sites (N-methyl/N-ethyl adjacent to an activating group) is 1. The fourth-order valence-corrected chi connectivity index (χ4v) is 2.34. The minimum absolute atomic E-state index is 0. The van der Waals surface area contributed by atoms with Gasteiger partial charge in [0.1, 0.15) is 0 Å². The highest BCUT2D eigenvalue weighted by atomic mass is 35.5. The zero-order valence-electron chi connectivity index (χ0n) is 9.91. The highest BCUT2D eigenvalue weighted by Crippen LogP contribution is 2.45. The molecule has 2 N–H and O–H groups in total. The molecule has 0 aromatic carbocycles. The Morgan fingerprint density at radius 3 is 2.53 bits per heavy atom. The standard InChI is InChI=1S/C11H23N3.ClH/c1-11(3-4-11)9-14-6-5-13(2)8-10(14)7-12;/h10H,3-9,12H2,1-2H3;1H. The van der Waals surface area contributed by atoms with E-state index in [1.807, 2.05) is 0 Å². The number of nitrogens with zero attached hydrogens (tertiary/aromatic N) is 2. The number of piperazine rings is 1. The van der Waals surface area contributed by atoms with Gasteiger partial charge in [0, 0.05) is 38.8 Å². The Kier molecular flexibility index (Phi) is 4.41. The second kappa shape index (κ2) is 5.00. The van der Waals surface area contributed by atoms with E-state index in [2.05, 4.69) is 23.8 Å². The van der Waals surface area contributed by atoms with E-state index in [9.17, 15) is 0 Å². The van der Waals surface area contributed by atoms with Gasteiger partial charge in [-0.2, -0.15) is 0 Å². The van der Waals surface area contributed by atoms with Crippen LogP contribution in [0.4, 0.5) is 0 Å². The predicted octanol–water partition coefficient (Wildman–Crippen LogP) is 0.783. The smallest absolute Gasteiger partial charge is 0.0346 e. The van der Waals surface area contributed by atoms with Gasteiger partial charge < -0.3 is 10.6 Å². The first-order chi connectivity index (χ1) is 6.63. The summed E-state index contributed by atoms with van der Waals surface area (Å²) in [6.07, 6.45) is 2.83. The van der Waals surface area contributed by atoms with Gasteiger partial charge in [-0.05, 0) is 25.3 Å². The average Bonchev–Trinajstić information content (AvgIpc) is 2.87. The van der Waals surface area contributed by atoms with Gasteiger partial charge in [0.05, 0.1) is 0 Å². The summed E-state index contributed by atoms with van der Waals surface area (Å²) in [7, 11) is 2.19. The van der Waals surface area contributed by atoms with E-state index in [-0.39, 0.29) is 12.4 Å². The average molecular weight is 234 g/mol. The number of halogens is 1. The lowest BCUT2D eigenvalue weighted by molar-refractivity contribution is 0.0780. The topological polar surface area (TPSA) is 32.5 Å². The first-order valence-corrected chi connectivity index (χ1v) is 5.76. The molecule has 1 aliphatic heterocycles. The second-order valence-electron chi connectivity index (χ2n) is 5.43. The van der Waals surface area contributed by atoms with Crippen molar-refractivity contribution in [3.8, 4) is 0 Å². The number of rotatable bonds is 3. The minimum atomic E-state index is 0. The second-order valence-corrected chi connectivity index (χ2v) is 5.43. The Bertz CT molecular complexity index is 206. The number of nitrogens with two attached hydrogens (primary N) is 1. The Labute approximate surface area is 99.4 Å². The van der Waals surface area contributed by atoms with E-state index in [1.165, 1.54) is 32.5 Å². The van der Waals surface area contributed by atoms with Crippen molar-refractivity contribution in [2.75, 3.05) is 39.8 Å². The van der Waals surface area contributed by atoms with Gasteiger partial charge in [-0.15, -0.1) is 12.4 Å². The fourth-order valence-electron chi connectivity index (χ4n) is 2.34. The van der Waals surface area contributed by atoms with Crippen molar-refractivity contribution in [1.29, 1.82) is 0 Å². The Hall–Kier alpha value is 0.170. The lowest BCUT2D eigenvalue weighted by atomic mass is 10.1. The molecule has 0 aromatic heterocycles. The fraction of sp³-hybridized carbons (Fsp3) is 1.00. The molecule has 1 heterocycles.